The van der Waals surface area contributed by atoms with Crippen molar-refractivity contribution in [1.82, 2.24) is 20.4 Å². The molecule has 38 heavy (non-hydrogen) atoms. The first-order valence-corrected chi connectivity index (χ1v) is 14.0. The fraction of sp³-hybridized carbons (Fsp3) is 0.375. The van der Waals surface area contributed by atoms with Crippen LogP contribution in [-0.4, -0.2) is 46.2 Å². The van der Waals surface area contributed by atoms with Crippen LogP contribution in [0, 0.1) is 5.92 Å². The molecule has 1 aromatic heterocycles. The molecule has 0 radical (unpaired) electrons. The number of piperidine rings is 1. The van der Waals surface area contributed by atoms with E-state index in [9.17, 15) is 4.79 Å². The maximum Gasteiger partial charge on any atom is 0.251 e. The van der Waals surface area contributed by atoms with Gasteiger partial charge in [-0.25, -0.2) is 0 Å². The van der Waals surface area contributed by atoms with Crippen molar-refractivity contribution in [3.05, 3.63) is 83.9 Å². The van der Waals surface area contributed by atoms with Crippen LogP contribution in [0.15, 0.2) is 72.8 Å². The van der Waals surface area contributed by atoms with Crippen LogP contribution in [0.2, 0.25) is 0 Å². The Bertz CT molecular complexity index is 1430. The number of hydrogen-bond acceptors (Lipinski definition) is 4. The van der Waals surface area contributed by atoms with Crippen molar-refractivity contribution in [2.45, 2.75) is 62.8 Å². The Morgan fingerprint density at radius 1 is 0.974 bits per heavy atom. The molecule has 2 bridgehead atoms. The van der Waals surface area contributed by atoms with Crippen LogP contribution in [0.1, 0.15) is 60.5 Å². The van der Waals surface area contributed by atoms with E-state index in [1.54, 1.807) is 0 Å². The Morgan fingerprint density at radius 2 is 1.71 bits per heavy atom. The first-order chi connectivity index (χ1) is 18.6. The van der Waals surface area contributed by atoms with Gasteiger partial charge in [0, 0.05) is 28.6 Å². The van der Waals surface area contributed by atoms with E-state index < -0.39 is 0 Å². The lowest BCUT2D eigenvalue weighted by molar-refractivity contribution is 0.0662. The normalized spacial score (nSPS) is 23.9. The summed E-state index contributed by atoms with van der Waals surface area (Å²) < 4.78 is 6.38. The molecule has 7 rings (SSSR count). The van der Waals surface area contributed by atoms with Gasteiger partial charge >= 0.3 is 0 Å². The number of nitrogens with one attached hydrogen (secondary N) is 2. The minimum atomic E-state index is -0.0457. The molecule has 194 valence electrons. The first-order valence-electron chi connectivity index (χ1n) is 14.0. The van der Waals surface area contributed by atoms with E-state index in [1.807, 2.05) is 48.5 Å². The number of amides is 1. The van der Waals surface area contributed by atoms with E-state index in [0.717, 1.165) is 53.6 Å². The van der Waals surface area contributed by atoms with Crippen molar-refractivity contribution >= 4 is 16.8 Å². The quantitative estimate of drug-likeness (QED) is 0.317. The fourth-order valence-electron chi connectivity index (χ4n) is 6.50. The van der Waals surface area contributed by atoms with Gasteiger partial charge in [-0.05, 0) is 99.5 Å². The Labute approximate surface area is 223 Å². The Hall–Kier alpha value is -3.64. The molecule has 2 N–H and O–H groups in total. The maximum absolute atomic E-state index is 13.3. The average molecular weight is 507 g/mol. The molecule has 3 heterocycles. The minimum Gasteiger partial charge on any atom is -0.490 e. The van der Waals surface area contributed by atoms with E-state index >= 15 is 0 Å². The van der Waals surface area contributed by atoms with E-state index in [-0.39, 0.29) is 18.1 Å². The number of H-pyrrole nitrogens is 1. The lowest BCUT2D eigenvalue weighted by atomic mass is 10.0. The number of ether oxygens (including phenoxy) is 1. The van der Waals surface area contributed by atoms with Gasteiger partial charge in [-0.3, -0.25) is 9.89 Å². The monoisotopic (exact) mass is 506 g/mol. The van der Waals surface area contributed by atoms with Gasteiger partial charge in [0.2, 0.25) is 0 Å². The molecule has 1 aliphatic carbocycles. The zero-order valence-corrected chi connectivity index (χ0v) is 21.8. The van der Waals surface area contributed by atoms with E-state index in [4.69, 9.17) is 4.74 Å². The summed E-state index contributed by atoms with van der Waals surface area (Å²) in [4.78, 5) is 15.9. The predicted octanol–water partition coefficient (Wildman–Crippen LogP) is 6.12. The lowest BCUT2D eigenvalue weighted by Gasteiger charge is -2.36. The summed E-state index contributed by atoms with van der Waals surface area (Å²) >= 11 is 0. The molecule has 0 unspecified atom stereocenters. The highest BCUT2D eigenvalue weighted by molar-refractivity contribution is 6.01. The summed E-state index contributed by atoms with van der Waals surface area (Å²) in [5.74, 6) is 1.38. The summed E-state index contributed by atoms with van der Waals surface area (Å²) in [6.45, 7) is 0. The Kier molecular flexibility index (Phi) is 5.92. The van der Waals surface area contributed by atoms with E-state index in [1.165, 1.54) is 18.4 Å². The number of aromatic amines is 1. The molecule has 6 nitrogen and oxygen atoms in total. The van der Waals surface area contributed by atoms with Gasteiger partial charge in [-0.15, -0.1) is 0 Å². The standard InChI is InChI=1S/C32H34N4O2/c1-36-24-12-13-25(36)19-27(18-24)38-26-14-9-22(10-15-26)31-28-17-23(11-16-29(28)34-35-31)32(37)33-30(21-7-8-21)20-5-3-2-4-6-20/h2-6,9-11,14-17,21,24-25,27,30H,7-8,12-13,18-19H2,1H3,(H,33,37)(H,34,35)/t24-,25+,27-,30-/m1/s1. The van der Waals surface area contributed by atoms with Crippen LogP contribution in [-0.2, 0) is 0 Å². The first kappa shape index (κ1) is 23.5. The molecule has 4 aromatic rings. The third kappa shape index (κ3) is 4.47. The third-order valence-corrected chi connectivity index (χ3v) is 8.85. The third-order valence-electron chi connectivity index (χ3n) is 8.85. The second-order valence-electron chi connectivity index (χ2n) is 11.3. The van der Waals surface area contributed by atoms with Crippen molar-refractivity contribution in [1.29, 1.82) is 0 Å². The van der Waals surface area contributed by atoms with Crippen molar-refractivity contribution < 1.29 is 9.53 Å². The highest BCUT2D eigenvalue weighted by atomic mass is 16.5. The molecule has 0 spiro atoms. The molecule has 1 saturated carbocycles. The molecular formula is C32H34N4O2. The smallest absolute Gasteiger partial charge is 0.251 e. The van der Waals surface area contributed by atoms with Crippen molar-refractivity contribution in [3.63, 3.8) is 0 Å². The van der Waals surface area contributed by atoms with Crippen molar-refractivity contribution in [2.75, 3.05) is 7.05 Å². The van der Waals surface area contributed by atoms with Gasteiger partial charge in [0.1, 0.15) is 11.9 Å². The van der Waals surface area contributed by atoms with Gasteiger partial charge in [0.25, 0.3) is 5.91 Å². The van der Waals surface area contributed by atoms with Gasteiger partial charge in [0.15, 0.2) is 0 Å². The van der Waals surface area contributed by atoms with Crippen LogP contribution >= 0.6 is 0 Å². The van der Waals surface area contributed by atoms with Crippen molar-refractivity contribution in [2.24, 2.45) is 5.92 Å². The minimum absolute atomic E-state index is 0.0457. The van der Waals surface area contributed by atoms with E-state index in [0.29, 0.717) is 23.6 Å². The number of fused-ring (bicyclic) bond motifs is 3. The second kappa shape index (κ2) is 9.59. The SMILES string of the molecule is CN1[C@@H]2CC[C@H]1C[C@H](Oc1ccc(-c3n[nH]c4ccc(C(=O)N[C@H](c5ccccc5)C5CC5)cc34)cc1)C2. The summed E-state index contributed by atoms with van der Waals surface area (Å²) in [5, 5.41) is 12.0. The number of hydrogen-bond donors (Lipinski definition) is 2. The number of rotatable bonds is 7. The van der Waals surface area contributed by atoms with Crippen LogP contribution < -0.4 is 10.1 Å². The Balaban J connectivity index is 1.08. The molecular weight excluding hydrogens is 472 g/mol. The van der Waals surface area contributed by atoms with Crippen molar-refractivity contribution in [3.8, 4) is 17.0 Å². The topological polar surface area (TPSA) is 70.2 Å². The molecule has 3 aliphatic rings. The number of aromatic nitrogens is 2. The largest absolute Gasteiger partial charge is 0.490 e. The van der Waals surface area contributed by atoms with Crippen LogP contribution in [0.5, 0.6) is 5.75 Å². The fourth-order valence-corrected chi connectivity index (χ4v) is 6.50. The second-order valence-corrected chi connectivity index (χ2v) is 11.3. The molecule has 3 aromatic carbocycles. The molecule has 1 amide bonds. The van der Waals surface area contributed by atoms with Gasteiger partial charge in [0.05, 0.1) is 17.3 Å². The molecule has 3 fully saturated rings. The van der Waals surface area contributed by atoms with Crippen LogP contribution in [0.3, 0.4) is 0 Å². The van der Waals surface area contributed by atoms with Gasteiger partial charge in [-0.1, -0.05) is 30.3 Å². The lowest BCUT2D eigenvalue weighted by Crippen LogP contribution is -2.43. The highest BCUT2D eigenvalue weighted by Gasteiger charge is 2.39. The molecule has 2 saturated heterocycles. The molecule has 6 heteroatoms. The molecule has 4 atom stereocenters. The maximum atomic E-state index is 13.3. The number of carbonyl (C=O) groups excluding carboxylic acids is 1. The summed E-state index contributed by atoms with van der Waals surface area (Å²) in [5.41, 5.74) is 4.59. The number of nitrogens with zero attached hydrogens (tertiary/aromatic N) is 2. The number of benzene rings is 3. The van der Waals surface area contributed by atoms with Crippen LogP contribution in [0.25, 0.3) is 22.2 Å². The highest BCUT2D eigenvalue weighted by Crippen LogP contribution is 2.41. The summed E-state index contributed by atoms with van der Waals surface area (Å²) in [7, 11) is 2.26. The number of carbonyl (C=O) groups is 1. The zero-order valence-electron chi connectivity index (χ0n) is 21.8. The van der Waals surface area contributed by atoms with Gasteiger partial charge in [-0.2, -0.15) is 5.10 Å². The predicted molar refractivity (Wildman–Crippen MR) is 149 cm³/mol. The zero-order chi connectivity index (χ0) is 25.6. The van der Waals surface area contributed by atoms with E-state index in [2.05, 4.69) is 51.7 Å². The average Bonchev–Trinajstić information content (AvgIpc) is 3.67. The van der Waals surface area contributed by atoms with Gasteiger partial charge < -0.3 is 15.0 Å². The molecule has 2 aliphatic heterocycles. The van der Waals surface area contributed by atoms with Crippen LogP contribution in [0.4, 0.5) is 0 Å². The summed E-state index contributed by atoms with van der Waals surface area (Å²) in [6.07, 6.45) is 7.40. The summed E-state index contributed by atoms with van der Waals surface area (Å²) in [6, 6.07) is 25.7. The Morgan fingerprint density at radius 3 is 2.42 bits per heavy atom.